The smallest absolute Gasteiger partial charge is 0.473 e. The van der Waals surface area contributed by atoms with Gasteiger partial charge in [0, 0.05) is 36.1 Å². The van der Waals surface area contributed by atoms with Crippen LogP contribution in [0.2, 0.25) is 0 Å². The molecule has 6 atom stereocenters. The number of likely N-dealkylation sites (tertiary alicyclic amines) is 1. The highest BCUT2D eigenvalue weighted by atomic mass is 32.2. The summed E-state index contributed by atoms with van der Waals surface area (Å²) in [5.41, 5.74) is 2.86. The van der Waals surface area contributed by atoms with E-state index >= 15 is 4.39 Å². The normalized spacial score (nSPS) is 32.2. The van der Waals surface area contributed by atoms with E-state index in [9.17, 15) is 4.79 Å². The Hall–Kier alpha value is -3.09. The predicted molar refractivity (Wildman–Crippen MR) is 205 cm³/mol. The van der Waals surface area contributed by atoms with E-state index in [0.717, 1.165) is 52.8 Å². The summed E-state index contributed by atoms with van der Waals surface area (Å²) in [5, 5.41) is 1.22. The zero-order valence-electron chi connectivity index (χ0n) is 31.4. The molecule has 3 fully saturated rings. The molecule has 1 saturated carbocycles. The molecule has 2 aromatic rings. The molecule has 6 unspecified atom stereocenters. The van der Waals surface area contributed by atoms with Crippen molar-refractivity contribution in [2.24, 2.45) is 21.8 Å². The molecular weight excluding hydrogens is 678 g/mol. The van der Waals surface area contributed by atoms with E-state index in [0.29, 0.717) is 30.9 Å². The quantitative estimate of drug-likeness (QED) is 0.291. The monoisotopic (exact) mass is 728 g/mol. The van der Waals surface area contributed by atoms with Gasteiger partial charge in [-0.05, 0) is 115 Å². The third-order valence-corrected chi connectivity index (χ3v) is 13.7. The number of benzene rings is 1. The maximum absolute atomic E-state index is 16.8. The lowest BCUT2D eigenvalue weighted by molar-refractivity contribution is 0.00578. The molecule has 1 amide bonds. The number of thioether (sulfide) groups is 1. The molecule has 6 heterocycles. The van der Waals surface area contributed by atoms with Gasteiger partial charge in [0.05, 0.1) is 39.4 Å². The minimum absolute atomic E-state index is 0.163. The van der Waals surface area contributed by atoms with Crippen LogP contribution in [0, 0.1) is 11.8 Å². The van der Waals surface area contributed by atoms with E-state index in [2.05, 4.69) is 62.6 Å². The number of hydrogen-bond donors (Lipinski definition) is 0. The van der Waals surface area contributed by atoms with Crippen LogP contribution < -0.4 is 5.46 Å². The largest absolute Gasteiger partial charge is 0.494 e. The van der Waals surface area contributed by atoms with Gasteiger partial charge in [-0.15, -0.1) is 11.8 Å². The number of ether oxygens (including phenoxy) is 2. The van der Waals surface area contributed by atoms with Gasteiger partial charge in [0.1, 0.15) is 17.5 Å². The summed E-state index contributed by atoms with van der Waals surface area (Å²) < 4.78 is 44.5. The Morgan fingerprint density at radius 2 is 1.85 bits per heavy atom. The Balaban J connectivity index is 1.02. The maximum atomic E-state index is 16.8. The molecule has 276 valence electrons. The summed E-state index contributed by atoms with van der Waals surface area (Å²) in [6.07, 6.45) is 7.99. The van der Waals surface area contributed by atoms with E-state index in [1.165, 1.54) is 17.7 Å². The van der Waals surface area contributed by atoms with Gasteiger partial charge in [0.2, 0.25) is 0 Å². The van der Waals surface area contributed by atoms with Gasteiger partial charge in [-0.25, -0.2) is 9.18 Å². The van der Waals surface area contributed by atoms with Crippen LogP contribution in [0.25, 0.3) is 16.5 Å². The van der Waals surface area contributed by atoms with Crippen LogP contribution in [0.4, 0.5) is 9.18 Å². The number of carbonyl (C=O) groups is 1. The number of aliphatic imine (C=N–C) groups is 2. The summed E-state index contributed by atoms with van der Waals surface area (Å²) in [4.78, 5) is 26.1. The van der Waals surface area contributed by atoms with E-state index in [1.807, 2.05) is 38.7 Å². The topological polar surface area (TPSA) is 86.9 Å². The predicted octanol–water partition coefficient (Wildman–Crippen LogP) is 7.98. The van der Waals surface area contributed by atoms with Crippen molar-refractivity contribution in [2.45, 2.75) is 140 Å². The summed E-state index contributed by atoms with van der Waals surface area (Å²) in [6.45, 7) is 14.5. The van der Waals surface area contributed by atoms with Crippen LogP contribution in [0.5, 0.6) is 0 Å². The second-order valence-electron chi connectivity index (χ2n) is 17.7. The van der Waals surface area contributed by atoms with E-state index in [4.69, 9.17) is 28.8 Å². The number of hydrogen-bond acceptors (Lipinski definition) is 8. The first kappa shape index (κ1) is 34.7. The minimum atomic E-state index is -1.23. The first-order chi connectivity index (χ1) is 24.7. The lowest BCUT2D eigenvalue weighted by Crippen LogP contribution is -2.43. The number of fused-ring (bicyclic) bond motifs is 4. The fraction of sp³-hybridized carbons (Fsp3) is 0.625. The van der Waals surface area contributed by atoms with Crippen LogP contribution in [0.1, 0.15) is 105 Å². The Kier molecular flexibility index (Phi) is 8.14. The molecule has 2 aliphatic carbocycles. The van der Waals surface area contributed by atoms with Crippen LogP contribution in [0.15, 0.2) is 51.0 Å². The number of carbonyl (C=O) groups excluding carboxylic acids is 1. The fourth-order valence-corrected chi connectivity index (χ4v) is 10.1. The number of nitrogens with zero attached hydrogens (tertiary/aromatic N) is 4. The summed E-state index contributed by atoms with van der Waals surface area (Å²) >= 11 is 1.94. The molecule has 0 spiro atoms. The molecular formula is C40H50BFN4O5S. The molecule has 0 N–H and O–H groups in total. The Morgan fingerprint density at radius 1 is 1.08 bits per heavy atom. The highest BCUT2D eigenvalue weighted by Crippen LogP contribution is 2.54. The molecule has 12 heteroatoms. The number of allylic oxidation sites excluding steroid dienone is 4. The van der Waals surface area contributed by atoms with Gasteiger partial charge in [0.25, 0.3) is 0 Å². The minimum Gasteiger partial charge on any atom is -0.473 e. The molecule has 2 saturated heterocycles. The van der Waals surface area contributed by atoms with Crippen molar-refractivity contribution in [3.05, 3.63) is 46.7 Å². The number of amides is 1. The van der Waals surface area contributed by atoms with Gasteiger partial charge in [-0.1, -0.05) is 18.2 Å². The van der Waals surface area contributed by atoms with Crippen molar-refractivity contribution in [3.8, 4) is 0 Å². The van der Waals surface area contributed by atoms with Gasteiger partial charge in [-0.2, -0.15) is 0 Å². The molecule has 9 nitrogen and oxygen atoms in total. The second-order valence-corrected chi connectivity index (χ2v) is 19.0. The second kappa shape index (κ2) is 12.2. The zero-order chi connectivity index (χ0) is 36.3. The van der Waals surface area contributed by atoms with Crippen molar-refractivity contribution in [1.82, 2.24) is 9.47 Å². The average molecular weight is 729 g/mol. The number of alkyl halides is 1. The van der Waals surface area contributed by atoms with Gasteiger partial charge in [0.15, 0.2) is 12.4 Å². The highest BCUT2D eigenvalue weighted by molar-refractivity contribution is 8.04. The standard InChI is InChI=1S/C40H50BFN4O5S/c1-38(2,3)49-37(47)45-16-8-9-29(45)35-43-21-27(44-35)23-18-26(42)34-30-19-24-17-25(41-50-39(4,5)40(6,7)51-41)12-13-28(24)46(30)36(48-31(34)20-23)33-15-14-32(52-33)22-10-11-22/h12-14,17,19,21-23,26,29,33,35-36H,8-11,15-16,18,20H2,1-7H3. The molecule has 9 rings (SSSR count). The van der Waals surface area contributed by atoms with Crippen LogP contribution in [-0.4, -0.2) is 81.6 Å². The average Bonchev–Trinajstić information content (AvgIpc) is 3.53. The molecule has 7 aliphatic rings. The van der Waals surface area contributed by atoms with E-state index < -0.39 is 36.3 Å². The zero-order valence-corrected chi connectivity index (χ0v) is 32.2. The van der Waals surface area contributed by atoms with Crippen molar-refractivity contribution >= 4 is 58.8 Å². The Morgan fingerprint density at radius 3 is 2.58 bits per heavy atom. The molecule has 0 radical (unpaired) electrons. The number of halogens is 1. The van der Waals surface area contributed by atoms with Crippen molar-refractivity contribution in [1.29, 1.82) is 0 Å². The number of rotatable bonds is 5. The van der Waals surface area contributed by atoms with Crippen molar-refractivity contribution in [2.75, 3.05) is 6.54 Å². The van der Waals surface area contributed by atoms with E-state index in [1.54, 1.807) is 4.90 Å². The van der Waals surface area contributed by atoms with Crippen LogP contribution in [-0.2, 0) is 18.8 Å². The first-order valence-electron chi connectivity index (χ1n) is 19.2. The molecule has 5 aliphatic heterocycles. The van der Waals surface area contributed by atoms with Crippen LogP contribution in [0.3, 0.4) is 0 Å². The molecule has 1 aromatic heterocycles. The summed E-state index contributed by atoms with van der Waals surface area (Å²) in [7, 11) is -0.480. The van der Waals surface area contributed by atoms with Gasteiger partial charge in [-0.3, -0.25) is 9.98 Å². The summed E-state index contributed by atoms with van der Waals surface area (Å²) in [5.74, 6) is 1.25. The molecule has 0 bridgehead atoms. The third kappa shape index (κ3) is 5.95. The summed E-state index contributed by atoms with van der Waals surface area (Å²) in [6, 6.07) is 8.33. The van der Waals surface area contributed by atoms with Crippen molar-refractivity contribution < 1.29 is 28.0 Å². The van der Waals surface area contributed by atoms with E-state index in [-0.39, 0.29) is 29.5 Å². The Labute approximate surface area is 310 Å². The third-order valence-electron chi connectivity index (χ3n) is 12.2. The SMILES string of the molecule is CC(C)(C)OC(=O)N1CCCC1C1N=CC(C2CC3=C(c4cc5cc(B6OC(C)(C)C(C)(C)O6)ccc5n4C(C4CC=C(C5CC5)S4)O3)C(F)C2)=N1. The van der Waals surface area contributed by atoms with Crippen molar-refractivity contribution in [3.63, 3.8) is 0 Å². The maximum Gasteiger partial charge on any atom is 0.494 e. The lowest BCUT2D eigenvalue weighted by Gasteiger charge is -2.39. The highest BCUT2D eigenvalue weighted by Gasteiger charge is 2.52. The molecule has 1 aromatic carbocycles. The fourth-order valence-electron chi connectivity index (χ4n) is 8.63. The Bertz CT molecular complexity index is 1930. The number of aromatic nitrogens is 1. The first-order valence-corrected chi connectivity index (χ1v) is 20.1. The van der Waals surface area contributed by atoms with Gasteiger partial charge < -0.3 is 28.2 Å². The van der Waals surface area contributed by atoms with Gasteiger partial charge >= 0.3 is 13.2 Å². The molecule has 52 heavy (non-hydrogen) atoms. The van der Waals surface area contributed by atoms with Crippen LogP contribution >= 0.6 is 11.8 Å². The lowest BCUT2D eigenvalue weighted by atomic mass is 9.78.